The maximum absolute atomic E-state index is 8.77. The largest absolute Gasteiger partial charge is 0.383 e. The maximum atomic E-state index is 8.77. The van der Waals surface area contributed by atoms with Gasteiger partial charge in [0.25, 0.3) is 0 Å². The number of hydrogen-bond acceptors (Lipinski definition) is 4. The minimum atomic E-state index is 0.234. The summed E-state index contributed by atoms with van der Waals surface area (Å²) in [6, 6.07) is 2.52. The number of nitrogen functional groups attached to an aromatic ring is 1. The average Bonchev–Trinajstić information content (AvgIpc) is 2.59. The highest BCUT2D eigenvalue weighted by Crippen LogP contribution is 2.29. The SMILES string of the molecule is N#Cc1cnn(C2CCCC(N)C2)c1N. The van der Waals surface area contributed by atoms with Crippen LogP contribution in [0.4, 0.5) is 5.82 Å². The molecule has 0 aliphatic heterocycles. The molecule has 15 heavy (non-hydrogen) atoms. The number of nitrogens with zero attached hydrogens (tertiary/aromatic N) is 3. The summed E-state index contributed by atoms with van der Waals surface area (Å²) in [4.78, 5) is 0. The number of nitriles is 1. The molecule has 1 saturated carbocycles. The average molecular weight is 205 g/mol. The molecule has 1 aliphatic rings. The standard InChI is InChI=1S/C10H15N5/c11-5-7-6-14-15(10(7)13)9-3-1-2-8(12)4-9/h6,8-9H,1-4,12-13H2. The van der Waals surface area contributed by atoms with Crippen molar-refractivity contribution in [3.8, 4) is 6.07 Å². The normalized spacial score (nSPS) is 26.1. The van der Waals surface area contributed by atoms with Crippen LogP contribution >= 0.6 is 0 Å². The van der Waals surface area contributed by atoms with E-state index >= 15 is 0 Å². The van der Waals surface area contributed by atoms with Gasteiger partial charge < -0.3 is 11.5 Å². The minimum absolute atomic E-state index is 0.234. The first-order valence-corrected chi connectivity index (χ1v) is 5.21. The Kier molecular flexibility index (Phi) is 2.60. The van der Waals surface area contributed by atoms with Crippen molar-refractivity contribution >= 4 is 5.82 Å². The summed E-state index contributed by atoms with van der Waals surface area (Å²) in [6.45, 7) is 0. The van der Waals surface area contributed by atoms with Crippen LogP contribution in [0.2, 0.25) is 0 Å². The molecular weight excluding hydrogens is 190 g/mol. The first-order valence-electron chi connectivity index (χ1n) is 5.21. The molecule has 1 aromatic rings. The lowest BCUT2D eigenvalue weighted by molar-refractivity contribution is 0.303. The minimum Gasteiger partial charge on any atom is -0.383 e. The third kappa shape index (κ3) is 1.81. The lowest BCUT2D eigenvalue weighted by Crippen LogP contribution is -2.30. The molecule has 0 saturated heterocycles. The van der Waals surface area contributed by atoms with Gasteiger partial charge in [-0.05, 0) is 25.7 Å². The Bertz CT molecular complexity index is 389. The van der Waals surface area contributed by atoms with Gasteiger partial charge in [-0.25, -0.2) is 4.68 Å². The molecule has 2 atom stereocenters. The zero-order valence-electron chi connectivity index (χ0n) is 8.56. The number of rotatable bonds is 1. The summed E-state index contributed by atoms with van der Waals surface area (Å²) in [5.41, 5.74) is 12.2. The van der Waals surface area contributed by atoms with Gasteiger partial charge in [0.15, 0.2) is 0 Å². The molecule has 80 valence electrons. The summed E-state index contributed by atoms with van der Waals surface area (Å²) in [6.07, 6.45) is 5.65. The molecule has 1 heterocycles. The van der Waals surface area contributed by atoms with Gasteiger partial charge in [0.05, 0.1) is 12.2 Å². The summed E-state index contributed by atoms with van der Waals surface area (Å²) < 4.78 is 1.75. The molecule has 0 radical (unpaired) electrons. The predicted molar refractivity (Wildman–Crippen MR) is 56.8 cm³/mol. The number of hydrogen-bond donors (Lipinski definition) is 2. The molecule has 1 aromatic heterocycles. The van der Waals surface area contributed by atoms with E-state index in [4.69, 9.17) is 16.7 Å². The van der Waals surface area contributed by atoms with Gasteiger partial charge in [0.2, 0.25) is 0 Å². The van der Waals surface area contributed by atoms with Gasteiger partial charge in [-0.3, -0.25) is 0 Å². The number of nitrogens with two attached hydrogens (primary N) is 2. The molecule has 2 unspecified atom stereocenters. The molecular formula is C10H15N5. The van der Waals surface area contributed by atoms with Crippen LogP contribution in [-0.4, -0.2) is 15.8 Å². The van der Waals surface area contributed by atoms with E-state index in [9.17, 15) is 0 Å². The molecule has 0 amide bonds. The van der Waals surface area contributed by atoms with Crippen LogP contribution in [0.3, 0.4) is 0 Å². The molecule has 0 spiro atoms. The lowest BCUT2D eigenvalue weighted by atomic mass is 9.92. The van der Waals surface area contributed by atoms with E-state index in [1.807, 2.05) is 6.07 Å². The number of aromatic nitrogens is 2. The predicted octanol–water partition coefficient (Wildman–Crippen LogP) is 0.779. The van der Waals surface area contributed by atoms with Crippen molar-refractivity contribution in [1.29, 1.82) is 5.26 Å². The van der Waals surface area contributed by atoms with E-state index in [0.717, 1.165) is 25.7 Å². The summed E-state index contributed by atoms with van der Waals surface area (Å²) in [5, 5.41) is 12.9. The second-order valence-corrected chi connectivity index (χ2v) is 4.08. The molecule has 0 bridgehead atoms. The van der Waals surface area contributed by atoms with Crippen LogP contribution < -0.4 is 11.5 Å². The van der Waals surface area contributed by atoms with Crippen LogP contribution in [0.5, 0.6) is 0 Å². The first kappa shape index (κ1) is 9.99. The van der Waals surface area contributed by atoms with E-state index in [1.54, 1.807) is 4.68 Å². The van der Waals surface area contributed by atoms with Gasteiger partial charge >= 0.3 is 0 Å². The molecule has 4 N–H and O–H groups in total. The Morgan fingerprint density at radius 3 is 2.93 bits per heavy atom. The lowest BCUT2D eigenvalue weighted by Gasteiger charge is -2.27. The Morgan fingerprint density at radius 2 is 2.33 bits per heavy atom. The summed E-state index contributed by atoms with van der Waals surface area (Å²) >= 11 is 0. The molecule has 0 aromatic carbocycles. The zero-order valence-corrected chi connectivity index (χ0v) is 8.56. The molecule has 5 heteroatoms. The quantitative estimate of drug-likeness (QED) is 0.708. The van der Waals surface area contributed by atoms with Crippen molar-refractivity contribution in [2.75, 3.05) is 5.73 Å². The third-order valence-electron chi connectivity index (χ3n) is 2.99. The van der Waals surface area contributed by atoms with Gasteiger partial charge in [0.1, 0.15) is 17.5 Å². The highest BCUT2D eigenvalue weighted by Gasteiger charge is 2.23. The molecule has 5 nitrogen and oxygen atoms in total. The van der Waals surface area contributed by atoms with Crippen molar-refractivity contribution in [3.63, 3.8) is 0 Å². The maximum Gasteiger partial charge on any atom is 0.140 e. The first-order chi connectivity index (χ1) is 7.22. The van der Waals surface area contributed by atoms with Crippen molar-refractivity contribution in [1.82, 2.24) is 9.78 Å². The van der Waals surface area contributed by atoms with Crippen LogP contribution in [0.1, 0.15) is 37.3 Å². The molecule has 1 fully saturated rings. The van der Waals surface area contributed by atoms with Gasteiger partial charge in [-0.2, -0.15) is 10.4 Å². The fourth-order valence-corrected chi connectivity index (χ4v) is 2.17. The van der Waals surface area contributed by atoms with E-state index in [-0.39, 0.29) is 12.1 Å². The smallest absolute Gasteiger partial charge is 0.140 e. The van der Waals surface area contributed by atoms with E-state index in [2.05, 4.69) is 5.10 Å². The Balaban J connectivity index is 2.22. The highest BCUT2D eigenvalue weighted by atomic mass is 15.3. The van der Waals surface area contributed by atoms with Crippen molar-refractivity contribution < 1.29 is 0 Å². The monoisotopic (exact) mass is 205 g/mol. The van der Waals surface area contributed by atoms with Crippen LogP contribution in [0.25, 0.3) is 0 Å². The zero-order chi connectivity index (χ0) is 10.8. The highest BCUT2D eigenvalue weighted by molar-refractivity contribution is 5.47. The fourth-order valence-electron chi connectivity index (χ4n) is 2.17. The molecule has 2 rings (SSSR count). The van der Waals surface area contributed by atoms with Gasteiger partial charge in [-0.15, -0.1) is 0 Å². The van der Waals surface area contributed by atoms with Crippen molar-refractivity contribution in [2.45, 2.75) is 37.8 Å². The Hall–Kier alpha value is -1.54. The van der Waals surface area contributed by atoms with Crippen molar-refractivity contribution in [3.05, 3.63) is 11.8 Å². The van der Waals surface area contributed by atoms with Crippen LogP contribution in [0, 0.1) is 11.3 Å². The fraction of sp³-hybridized carbons (Fsp3) is 0.600. The van der Waals surface area contributed by atoms with E-state index in [1.165, 1.54) is 6.20 Å². The topological polar surface area (TPSA) is 93.6 Å². The molecule has 1 aliphatic carbocycles. The van der Waals surface area contributed by atoms with Gasteiger partial charge in [0, 0.05) is 6.04 Å². The Labute approximate surface area is 88.7 Å². The van der Waals surface area contributed by atoms with Crippen molar-refractivity contribution in [2.24, 2.45) is 5.73 Å². The Morgan fingerprint density at radius 1 is 1.53 bits per heavy atom. The second kappa shape index (κ2) is 3.91. The third-order valence-corrected chi connectivity index (χ3v) is 2.99. The van der Waals surface area contributed by atoms with Crippen LogP contribution in [-0.2, 0) is 0 Å². The van der Waals surface area contributed by atoms with Gasteiger partial charge in [-0.1, -0.05) is 0 Å². The van der Waals surface area contributed by atoms with Crippen LogP contribution in [0.15, 0.2) is 6.20 Å². The number of anilines is 1. The van der Waals surface area contributed by atoms with E-state index in [0.29, 0.717) is 11.4 Å². The summed E-state index contributed by atoms with van der Waals surface area (Å²) in [5.74, 6) is 0.469. The summed E-state index contributed by atoms with van der Waals surface area (Å²) in [7, 11) is 0. The van der Waals surface area contributed by atoms with E-state index < -0.39 is 0 Å². The second-order valence-electron chi connectivity index (χ2n) is 4.08.